The zero-order valence-corrected chi connectivity index (χ0v) is 12.4. The molecule has 0 spiro atoms. The van der Waals surface area contributed by atoms with Gasteiger partial charge in [-0.05, 0) is 29.7 Å². The number of ether oxygens (including phenoxy) is 1. The van der Waals surface area contributed by atoms with Crippen LogP contribution in [-0.4, -0.2) is 12.1 Å². The average Bonchev–Trinajstić information content (AvgIpc) is 2.61. The van der Waals surface area contributed by atoms with Crippen LogP contribution in [0.3, 0.4) is 0 Å². The van der Waals surface area contributed by atoms with Gasteiger partial charge in [0.05, 0.1) is 12.5 Å². The SMILES string of the molecule is COc1ccc2oc(-c3cc4ccccc4cn3)cc(=O)c2c1. The zero-order valence-electron chi connectivity index (χ0n) is 12.4. The molecule has 0 N–H and O–H groups in total. The van der Waals surface area contributed by atoms with E-state index >= 15 is 0 Å². The summed E-state index contributed by atoms with van der Waals surface area (Å²) in [6.45, 7) is 0. The van der Waals surface area contributed by atoms with E-state index in [1.54, 1.807) is 31.5 Å². The van der Waals surface area contributed by atoms with Gasteiger partial charge in [-0.2, -0.15) is 0 Å². The molecule has 0 fully saturated rings. The molecule has 112 valence electrons. The standard InChI is InChI=1S/C19H13NO3/c1-22-14-6-7-18-15(9-14)17(21)10-19(23-18)16-8-12-4-2-3-5-13(12)11-20-16/h2-11H,1H3. The summed E-state index contributed by atoms with van der Waals surface area (Å²) >= 11 is 0. The molecule has 2 aromatic carbocycles. The van der Waals surface area contributed by atoms with E-state index in [1.165, 1.54) is 6.07 Å². The number of hydrogen-bond donors (Lipinski definition) is 0. The summed E-state index contributed by atoms with van der Waals surface area (Å²) in [4.78, 5) is 16.8. The minimum absolute atomic E-state index is 0.116. The monoisotopic (exact) mass is 303 g/mol. The van der Waals surface area contributed by atoms with Crippen molar-refractivity contribution < 1.29 is 9.15 Å². The van der Waals surface area contributed by atoms with Crippen LogP contribution >= 0.6 is 0 Å². The number of hydrogen-bond acceptors (Lipinski definition) is 4. The first kappa shape index (κ1) is 13.5. The lowest BCUT2D eigenvalue weighted by Crippen LogP contribution is -2.01. The molecule has 0 aliphatic rings. The second-order valence-corrected chi connectivity index (χ2v) is 5.25. The molecule has 0 aliphatic carbocycles. The molecular formula is C19H13NO3. The largest absolute Gasteiger partial charge is 0.497 e. The molecule has 0 bridgehead atoms. The Bertz CT molecular complexity index is 1080. The smallest absolute Gasteiger partial charge is 0.193 e. The van der Waals surface area contributed by atoms with Crippen LogP contribution in [0.2, 0.25) is 0 Å². The van der Waals surface area contributed by atoms with Crippen LogP contribution in [-0.2, 0) is 0 Å². The second-order valence-electron chi connectivity index (χ2n) is 5.25. The number of nitrogens with zero attached hydrogens (tertiary/aromatic N) is 1. The summed E-state index contributed by atoms with van der Waals surface area (Å²) in [6.07, 6.45) is 1.78. The van der Waals surface area contributed by atoms with Crippen molar-refractivity contribution in [1.82, 2.24) is 4.98 Å². The Morgan fingerprint density at radius 2 is 1.83 bits per heavy atom. The third-order valence-electron chi connectivity index (χ3n) is 3.82. The van der Waals surface area contributed by atoms with Crippen molar-refractivity contribution in [3.63, 3.8) is 0 Å². The molecular weight excluding hydrogens is 290 g/mol. The highest BCUT2D eigenvalue weighted by atomic mass is 16.5. The molecule has 23 heavy (non-hydrogen) atoms. The van der Waals surface area contributed by atoms with E-state index in [0.717, 1.165) is 10.8 Å². The summed E-state index contributed by atoms with van der Waals surface area (Å²) in [5, 5.41) is 2.59. The molecule has 2 heterocycles. The van der Waals surface area contributed by atoms with Crippen molar-refractivity contribution in [2.75, 3.05) is 7.11 Å². The fourth-order valence-corrected chi connectivity index (χ4v) is 2.61. The van der Waals surface area contributed by atoms with Crippen LogP contribution in [0.4, 0.5) is 0 Å². The van der Waals surface area contributed by atoms with Gasteiger partial charge in [0.25, 0.3) is 0 Å². The van der Waals surface area contributed by atoms with Crippen molar-refractivity contribution in [3.05, 3.63) is 71.0 Å². The van der Waals surface area contributed by atoms with E-state index in [1.807, 2.05) is 30.3 Å². The van der Waals surface area contributed by atoms with Gasteiger partial charge in [0.2, 0.25) is 0 Å². The third-order valence-corrected chi connectivity index (χ3v) is 3.82. The Kier molecular flexibility index (Phi) is 3.08. The summed E-state index contributed by atoms with van der Waals surface area (Å²) in [5.74, 6) is 1.08. The highest BCUT2D eigenvalue weighted by Gasteiger charge is 2.09. The maximum Gasteiger partial charge on any atom is 0.193 e. The first-order valence-corrected chi connectivity index (χ1v) is 7.22. The first-order valence-electron chi connectivity index (χ1n) is 7.22. The molecule has 4 rings (SSSR count). The van der Waals surface area contributed by atoms with Gasteiger partial charge >= 0.3 is 0 Å². The van der Waals surface area contributed by atoms with Gasteiger partial charge in [-0.25, -0.2) is 0 Å². The van der Waals surface area contributed by atoms with Crippen LogP contribution in [0.25, 0.3) is 33.2 Å². The highest BCUT2D eigenvalue weighted by Crippen LogP contribution is 2.25. The Hall–Kier alpha value is -3.14. The number of fused-ring (bicyclic) bond motifs is 2. The summed E-state index contributed by atoms with van der Waals surface area (Å²) in [5.41, 5.74) is 1.04. The number of benzene rings is 2. The van der Waals surface area contributed by atoms with Crippen LogP contribution in [0.15, 0.2) is 70.0 Å². The van der Waals surface area contributed by atoms with Gasteiger partial charge in [0.1, 0.15) is 17.0 Å². The molecule has 4 heteroatoms. The summed E-state index contributed by atoms with van der Waals surface area (Å²) in [7, 11) is 1.57. The normalized spacial score (nSPS) is 11.0. The topological polar surface area (TPSA) is 52.3 Å². The Morgan fingerprint density at radius 1 is 1.00 bits per heavy atom. The first-order chi connectivity index (χ1) is 11.2. The highest BCUT2D eigenvalue weighted by molar-refractivity contribution is 5.85. The van der Waals surface area contributed by atoms with E-state index in [0.29, 0.717) is 28.2 Å². The molecule has 2 aromatic heterocycles. The minimum Gasteiger partial charge on any atom is -0.497 e. The van der Waals surface area contributed by atoms with Gasteiger partial charge in [-0.15, -0.1) is 0 Å². The molecule has 0 atom stereocenters. The fourth-order valence-electron chi connectivity index (χ4n) is 2.61. The summed E-state index contributed by atoms with van der Waals surface area (Å²) < 4.78 is 11.0. The van der Waals surface area contributed by atoms with E-state index in [2.05, 4.69) is 4.98 Å². The van der Waals surface area contributed by atoms with E-state index in [9.17, 15) is 4.79 Å². The maximum absolute atomic E-state index is 12.4. The number of methoxy groups -OCH3 is 1. The van der Waals surface area contributed by atoms with Crippen molar-refractivity contribution in [1.29, 1.82) is 0 Å². The third kappa shape index (κ3) is 2.34. The molecule has 4 nitrogen and oxygen atoms in total. The van der Waals surface area contributed by atoms with Gasteiger partial charge < -0.3 is 9.15 Å². The number of aromatic nitrogens is 1. The lowest BCUT2D eigenvalue weighted by atomic mass is 10.1. The maximum atomic E-state index is 12.4. The summed E-state index contributed by atoms with van der Waals surface area (Å²) in [6, 6.07) is 16.5. The molecule has 0 aliphatic heterocycles. The molecule has 0 amide bonds. The van der Waals surface area contributed by atoms with Crippen molar-refractivity contribution in [2.45, 2.75) is 0 Å². The minimum atomic E-state index is -0.116. The van der Waals surface area contributed by atoms with E-state index in [4.69, 9.17) is 9.15 Å². The lowest BCUT2D eigenvalue weighted by Gasteiger charge is -2.05. The van der Waals surface area contributed by atoms with Gasteiger partial charge in [0.15, 0.2) is 11.2 Å². The van der Waals surface area contributed by atoms with Gasteiger partial charge in [-0.1, -0.05) is 24.3 Å². The predicted molar refractivity (Wildman–Crippen MR) is 89.8 cm³/mol. The fraction of sp³-hybridized carbons (Fsp3) is 0.0526. The second kappa shape index (κ2) is 5.25. The lowest BCUT2D eigenvalue weighted by molar-refractivity contribution is 0.415. The molecule has 0 radical (unpaired) electrons. The van der Waals surface area contributed by atoms with Crippen LogP contribution in [0.1, 0.15) is 0 Å². The number of rotatable bonds is 2. The van der Waals surface area contributed by atoms with E-state index in [-0.39, 0.29) is 5.43 Å². The van der Waals surface area contributed by atoms with Crippen LogP contribution in [0.5, 0.6) is 5.75 Å². The molecule has 0 saturated carbocycles. The average molecular weight is 303 g/mol. The molecule has 0 saturated heterocycles. The Morgan fingerprint density at radius 3 is 2.65 bits per heavy atom. The van der Waals surface area contributed by atoms with Crippen molar-refractivity contribution in [2.24, 2.45) is 0 Å². The quantitative estimate of drug-likeness (QED) is 0.561. The Balaban J connectivity index is 1.92. The van der Waals surface area contributed by atoms with Gasteiger partial charge in [0, 0.05) is 17.6 Å². The predicted octanol–water partition coefficient (Wildman–Crippen LogP) is 4.02. The molecule has 4 aromatic rings. The number of pyridine rings is 1. The van der Waals surface area contributed by atoms with Gasteiger partial charge in [-0.3, -0.25) is 9.78 Å². The Labute approximate surface area is 132 Å². The van der Waals surface area contributed by atoms with Crippen LogP contribution < -0.4 is 10.2 Å². The zero-order chi connectivity index (χ0) is 15.8. The van der Waals surface area contributed by atoms with Crippen LogP contribution in [0, 0.1) is 0 Å². The van der Waals surface area contributed by atoms with Crippen molar-refractivity contribution >= 4 is 21.7 Å². The van der Waals surface area contributed by atoms with E-state index < -0.39 is 0 Å². The van der Waals surface area contributed by atoms with Crippen molar-refractivity contribution in [3.8, 4) is 17.2 Å². The molecule has 0 unspecified atom stereocenters.